The molecule has 3 aromatic rings. The van der Waals surface area contributed by atoms with E-state index in [1.54, 1.807) is 32.2 Å². The van der Waals surface area contributed by atoms with Crippen molar-refractivity contribution in [3.63, 3.8) is 0 Å². The maximum absolute atomic E-state index is 13.3. The molecule has 6 nitrogen and oxygen atoms in total. The minimum atomic E-state index is -0.413. The Morgan fingerprint density at radius 2 is 1.97 bits per heavy atom. The third-order valence-corrected chi connectivity index (χ3v) is 5.99. The topological polar surface area (TPSA) is 73.2 Å². The van der Waals surface area contributed by atoms with Gasteiger partial charge in [-0.25, -0.2) is 4.98 Å². The highest BCUT2D eigenvalue weighted by Gasteiger charge is 2.35. The molecule has 160 valence electrons. The first-order valence-electron chi connectivity index (χ1n) is 9.81. The van der Waals surface area contributed by atoms with Crippen LogP contribution < -0.4 is 10.9 Å². The fourth-order valence-electron chi connectivity index (χ4n) is 3.99. The van der Waals surface area contributed by atoms with E-state index in [1.165, 1.54) is 11.5 Å². The molecular weight excluding hydrogens is 437 g/mol. The molecular formula is C23H21Cl2N3O3. The number of esters is 1. The largest absolute Gasteiger partial charge is 0.460 e. The number of aryl methyl sites for hydroxylation is 1. The van der Waals surface area contributed by atoms with Crippen molar-refractivity contribution in [3.05, 3.63) is 79.7 Å². The van der Waals surface area contributed by atoms with Crippen LogP contribution in [0.3, 0.4) is 0 Å². The van der Waals surface area contributed by atoms with Gasteiger partial charge in [-0.3, -0.25) is 14.2 Å². The molecule has 1 unspecified atom stereocenters. The fraction of sp³-hybridized carbons (Fsp3) is 0.261. The number of anilines is 1. The van der Waals surface area contributed by atoms with Crippen LogP contribution in [0.1, 0.15) is 29.8 Å². The van der Waals surface area contributed by atoms with Crippen molar-refractivity contribution in [2.24, 2.45) is 7.05 Å². The van der Waals surface area contributed by atoms with Gasteiger partial charge < -0.3 is 10.1 Å². The number of nitrogens with one attached hydrogen (secondary N) is 1. The molecule has 8 heteroatoms. The Bertz CT molecular complexity index is 1240. The van der Waals surface area contributed by atoms with E-state index in [1.807, 2.05) is 24.3 Å². The molecule has 2 atom stereocenters. The van der Waals surface area contributed by atoms with Crippen LogP contribution in [-0.4, -0.2) is 21.6 Å². The van der Waals surface area contributed by atoms with Gasteiger partial charge in [0.05, 0.1) is 16.8 Å². The van der Waals surface area contributed by atoms with Gasteiger partial charge in [0.2, 0.25) is 0 Å². The summed E-state index contributed by atoms with van der Waals surface area (Å²) in [4.78, 5) is 29.6. The lowest BCUT2D eigenvalue weighted by Gasteiger charge is -2.24. The van der Waals surface area contributed by atoms with Crippen LogP contribution in [0, 0.1) is 6.92 Å². The van der Waals surface area contributed by atoms with Gasteiger partial charge in [-0.15, -0.1) is 0 Å². The van der Waals surface area contributed by atoms with Crippen molar-refractivity contribution >= 4 is 34.9 Å². The van der Waals surface area contributed by atoms with Crippen molar-refractivity contribution < 1.29 is 9.53 Å². The van der Waals surface area contributed by atoms with E-state index >= 15 is 0 Å². The van der Waals surface area contributed by atoms with E-state index in [9.17, 15) is 9.59 Å². The summed E-state index contributed by atoms with van der Waals surface area (Å²) < 4.78 is 7.00. The van der Waals surface area contributed by atoms with Crippen LogP contribution in [0.4, 0.5) is 5.69 Å². The smallest absolute Gasteiger partial charge is 0.302 e. The van der Waals surface area contributed by atoms with Crippen LogP contribution in [0.15, 0.2) is 47.3 Å². The third kappa shape index (κ3) is 4.05. The molecule has 31 heavy (non-hydrogen) atoms. The molecule has 0 bridgehead atoms. The molecule has 0 saturated carbocycles. The lowest BCUT2D eigenvalue weighted by molar-refractivity contribution is -0.146. The molecule has 2 aromatic carbocycles. The molecule has 1 aliphatic carbocycles. The highest BCUT2D eigenvalue weighted by Crippen LogP contribution is 2.36. The van der Waals surface area contributed by atoms with Crippen LogP contribution >= 0.6 is 23.2 Å². The number of hydrogen-bond acceptors (Lipinski definition) is 5. The molecule has 4 rings (SSSR count). The number of carbonyl (C=O) groups is 1. The first-order valence-corrected chi connectivity index (χ1v) is 10.6. The van der Waals surface area contributed by atoms with E-state index in [0.29, 0.717) is 39.2 Å². The summed E-state index contributed by atoms with van der Waals surface area (Å²) >= 11 is 12.3. The zero-order valence-electron chi connectivity index (χ0n) is 17.3. The van der Waals surface area contributed by atoms with Crippen molar-refractivity contribution in [3.8, 4) is 11.4 Å². The number of nitrogens with zero attached hydrogens (tertiary/aromatic N) is 2. The van der Waals surface area contributed by atoms with Gasteiger partial charge in [0.1, 0.15) is 17.6 Å². The summed E-state index contributed by atoms with van der Waals surface area (Å²) in [6, 6.07) is 12.6. The Morgan fingerprint density at radius 1 is 1.23 bits per heavy atom. The molecule has 1 aliphatic rings. The monoisotopic (exact) mass is 457 g/mol. The molecule has 0 radical (unpaired) electrons. The maximum atomic E-state index is 13.3. The van der Waals surface area contributed by atoms with E-state index in [4.69, 9.17) is 27.9 Å². The number of benzene rings is 2. The third-order valence-electron chi connectivity index (χ3n) is 5.44. The van der Waals surface area contributed by atoms with Gasteiger partial charge in [0, 0.05) is 31.0 Å². The summed E-state index contributed by atoms with van der Waals surface area (Å²) in [6.07, 6.45) is 0.169. The molecule has 0 aliphatic heterocycles. The van der Waals surface area contributed by atoms with E-state index in [-0.39, 0.29) is 17.6 Å². The summed E-state index contributed by atoms with van der Waals surface area (Å²) in [7, 11) is 1.65. The average molecular weight is 458 g/mol. The molecule has 0 fully saturated rings. The summed E-state index contributed by atoms with van der Waals surface area (Å²) in [5.74, 6) is 0.0816. The van der Waals surface area contributed by atoms with Gasteiger partial charge in [0.25, 0.3) is 5.56 Å². The average Bonchev–Trinajstić information content (AvgIpc) is 3.04. The predicted molar refractivity (Wildman–Crippen MR) is 122 cm³/mol. The number of rotatable bonds is 4. The number of fused-ring (bicyclic) bond motifs is 1. The Balaban J connectivity index is 1.76. The lowest BCUT2D eigenvalue weighted by Crippen LogP contribution is -2.31. The van der Waals surface area contributed by atoms with Gasteiger partial charge in [-0.05, 0) is 36.2 Å². The van der Waals surface area contributed by atoms with E-state index in [0.717, 1.165) is 11.1 Å². The standard InChI is InChI=1S/C23H21Cl2N3O3/c1-12-20(23(30)28(3)22(26-12)17-9-8-15(24)11-18(17)25)27-21-16-7-5-4-6-14(16)10-19(21)31-13(2)29/h4-9,11,19,21,27H,10H2,1-3H3/t19-,21?/m0/s1. The summed E-state index contributed by atoms with van der Waals surface area (Å²) in [6.45, 7) is 3.15. The van der Waals surface area contributed by atoms with Crippen molar-refractivity contribution in [2.45, 2.75) is 32.4 Å². The zero-order valence-corrected chi connectivity index (χ0v) is 18.8. The van der Waals surface area contributed by atoms with Crippen molar-refractivity contribution in [2.75, 3.05) is 5.32 Å². The Kier molecular flexibility index (Phi) is 5.77. The summed E-state index contributed by atoms with van der Waals surface area (Å²) in [5.41, 5.74) is 3.33. The maximum Gasteiger partial charge on any atom is 0.302 e. The van der Waals surface area contributed by atoms with Crippen LogP contribution in [-0.2, 0) is 23.0 Å². The minimum absolute atomic E-state index is 0.250. The lowest BCUT2D eigenvalue weighted by atomic mass is 10.1. The Hall–Kier alpha value is -2.83. The number of carbonyl (C=O) groups excluding carboxylic acids is 1. The number of aromatic nitrogens is 2. The van der Waals surface area contributed by atoms with Crippen LogP contribution in [0.2, 0.25) is 10.0 Å². The minimum Gasteiger partial charge on any atom is -0.460 e. The zero-order chi connectivity index (χ0) is 22.3. The van der Waals surface area contributed by atoms with E-state index in [2.05, 4.69) is 10.3 Å². The highest BCUT2D eigenvalue weighted by atomic mass is 35.5. The first-order chi connectivity index (χ1) is 14.8. The number of hydrogen-bond donors (Lipinski definition) is 1. The first kappa shape index (κ1) is 21.4. The Morgan fingerprint density at radius 3 is 2.68 bits per heavy atom. The highest BCUT2D eigenvalue weighted by molar-refractivity contribution is 6.36. The Labute approximate surface area is 189 Å². The molecule has 1 aromatic heterocycles. The second-order valence-corrected chi connectivity index (χ2v) is 8.40. The van der Waals surface area contributed by atoms with Gasteiger partial charge in [0.15, 0.2) is 0 Å². The molecule has 0 saturated heterocycles. The fourth-order valence-corrected chi connectivity index (χ4v) is 4.49. The number of ether oxygens (including phenoxy) is 1. The van der Waals surface area contributed by atoms with Crippen molar-refractivity contribution in [1.82, 2.24) is 9.55 Å². The van der Waals surface area contributed by atoms with Crippen molar-refractivity contribution in [1.29, 1.82) is 0 Å². The second kappa shape index (κ2) is 8.36. The van der Waals surface area contributed by atoms with Gasteiger partial charge in [-0.1, -0.05) is 47.5 Å². The van der Waals surface area contributed by atoms with Crippen LogP contribution in [0.5, 0.6) is 0 Å². The van der Waals surface area contributed by atoms with Crippen LogP contribution in [0.25, 0.3) is 11.4 Å². The molecule has 0 spiro atoms. The van der Waals surface area contributed by atoms with Gasteiger partial charge in [-0.2, -0.15) is 0 Å². The predicted octanol–water partition coefficient (Wildman–Crippen LogP) is 4.70. The normalized spacial score (nSPS) is 17.3. The van der Waals surface area contributed by atoms with E-state index < -0.39 is 6.10 Å². The molecule has 1 N–H and O–H groups in total. The quantitative estimate of drug-likeness (QED) is 0.574. The SMILES string of the molecule is CC(=O)O[C@H]1Cc2ccccc2C1Nc1c(C)nc(-c2ccc(Cl)cc2Cl)n(C)c1=O. The second-order valence-electron chi connectivity index (χ2n) is 7.56. The molecule has 1 heterocycles. The summed E-state index contributed by atoms with van der Waals surface area (Å²) in [5, 5.41) is 4.22. The molecule has 0 amide bonds. The van der Waals surface area contributed by atoms with Gasteiger partial charge >= 0.3 is 5.97 Å². The number of halogens is 2.